The number of fused-ring (bicyclic) bond motifs is 33. The maximum atomic E-state index is 6.14. The smallest absolute Gasteiger partial charge is 0.159 e. The Labute approximate surface area is 576 Å². The Bertz CT molecular complexity index is 7110. The van der Waals surface area contributed by atoms with E-state index in [0.717, 1.165) is 67.6 Å². The van der Waals surface area contributed by atoms with Crippen molar-refractivity contribution in [2.45, 2.75) is 6.42 Å². The summed E-state index contributed by atoms with van der Waals surface area (Å²) in [5.41, 5.74) is 20.2. The molecule has 0 spiro atoms. The maximum absolute atomic E-state index is 6.14. The van der Waals surface area contributed by atoms with Gasteiger partial charge in [0.25, 0.3) is 0 Å². The van der Waals surface area contributed by atoms with Gasteiger partial charge < -0.3 is 32.6 Å². The largest absolute Gasteiger partial charge is 0.456 e. The van der Waals surface area contributed by atoms with Crippen molar-refractivity contribution in [3.05, 3.63) is 314 Å². The molecule has 9 heteroatoms. The van der Waals surface area contributed by atoms with Gasteiger partial charge in [-0.15, -0.1) is 22.7 Å². The number of thiophene rings is 2. The lowest BCUT2D eigenvalue weighted by atomic mass is 10.0. The quantitative estimate of drug-likeness (QED) is 0.141. The van der Waals surface area contributed by atoms with Crippen molar-refractivity contribution in [2.24, 2.45) is 0 Å². The molecule has 0 bridgehead atoms. The van der Waals surface area contributed by atoms with Crippen LogP contribution in [0.5, 0.6) is 0 Å². The molecule has 0 saturated heterocycles. The second kappa shape index (κ2) is 22.5. The number of benzene rings is 15. The second-order valence-electron chi connectivity index (χ2n) is 25.9. The summed E-state index contributed by atoms with van der Waals surface area (Å²) >= 11 is 3.70. The highest BCUT2D eigenvalue weighted by atomic mass is 32.1. The summed E-state index contributed by atoms with van der Waals surface area (Å²) in [6.07, 6.45) is 1.01. The van der Waals surface area contributed by atoms with Gasteiger partial charge in [-0.2, -0.15) is 0 Å². The van der Waals surface area contributed by atoms with E-state index >= 15 is 0 Å². The molecule has 0 aliphatic heterocycles. The molecule has 0 atom stereocenters. The van der Waals surface area contributed by atoms with Crippen LogP contribution in [0.1, 0.15) is 11.1 Å². The van der Waals surface area contributed by atoms with Crippen LogP contribution in [-0.4, -0.2) is 15.0 Å². The number of hydrogen-bond acceptors (Lipinski definition) is 6. The lowest BCUT2D eigenvalue weighted by Crippen LogP contribution is -1.79. The van der Waals surface area contributed by atoms with Crippen molar-refractivity contribution in [3.63, 3.8) is 0 Å². The number of hydrogen-bond donors (Lipinski definition) is 3. The van der Waals surface area contributed by atoms with Gasteiger partial charge in [0.1, 0.15) is 39.1 Å². The molecule has 0 unspecified atom stereocenters. The number of nitrogens with one attached hydrogen (secondary N) is 3. The molecule has 24 aromatic rings. The highest BCUT2D eigenvalue weighted by molar-refractivity contribution is 7.26. The fraction of sp³-hybridized carbons (Fsp3) is 0.0110. The molecule has 7 nitrogen and oxygen atoms in total. The number of aromatic nitrogens is 3. The zero-order chi connectivity index (χ0) is 65.5. The first-order valence-corrected chi connectivity index (χ1v) is 35.4. The summed E-state index contributed by atoms with van der Waals surface area (Å²) in [4.78, 5) is 10.5. The summed E-state index contributed by atoms with van der Waals surface area (Å²) in [5.74, 6) is 0. The molecule has 9 heterocycles. The van der Waals surface area contributed by atoms with E-state index in [4.69, 9.17) is 17.7 Å². The maximum Gasteiger partial charge on any atom is 0.159 e. The Morgan fingerprint density at radius 1 is 0.220 bits per heavy atom. The predicted octanol–water partition coefficient (Wildman–Crippen LogP) is 27.2. The average molecular weight is 1320 g/mol. The van der Waals surface area contributed by atoms with E-state index in [0.29, 0.717) is 0 Å². The summed E-state index contributed by atoms with van der Waals surface area (Å²) in [5, 5.41) is 22.4. The number of rotatable bonds is 0. The van der Waals surface area contributed by atoms with Gasteiger partial charge in [-0.1, -0.05) is 194 Å². The Morgan fingerprint density at radius 3 is 1.35 bits per heavy atom. The third-order valence-corrected chi connectivity index (χ3v) is 22.5. The molecule has 3 N–H and O–H groups in total. The van der Waals surface area contributed by atoms with E-state index in [1.54, 1.807) is 0 Å². The highest BCUT2D eigenvalue weighted by Gasteiger charge is 2.22. The molecule has 1 aliphatic rings. The van der Waals surface area contributed by atoms with E-state index in [-0.39, 0.29) is 0 Å². The van der Waals surface area contributed by atoms with Crippen molar-refractivity contribution in [2.75, 3.05) is 0 Å². The molecule has 470 valence electrons. The van der Waals surface area contributed by atoms with Gasteiger partial charge in [0.05, 0.1) is 5.52 Å². The zero-order valence-corrected chi connectivity index (χ0v) is 55.2. The molecular weight excluding hydrogens is 1260 g/mol. The molecule has 9 aromatic heterocycles. The fourth-order valence-corrected chi connectivity index (χ4v) is 17.9. The van der Waals surface area contributed by atoms with Gasteiger partial charge >= 0.3 is 0 Å². The van der Waals surface area contributed by atoms with Gasteiger partial charge in [-0.3, -0.25) is 0 Å². The van der Waals surface area contributed by atoms with Crippen LogP contribution in [0, 0.1) is 0 Å². The summed E-state index contributed by atoms with van der Waals surface area (Å²) in [6.45, 7) is 0. The molecule has 100 heavy (non-hydrogen) atoms. The minimum atomic E-state index is 0.939. The predicted molar refractivity (Wildman–Crippen MR) is 423 cm³/mol. The highest BCUT2D eigenvalue weighted by Crippen LogP contribution is 2.46. The van der Waals surface area contributed by atoms with Crippen LogP contribution >= 0.6 is 22.7 Å². The van der Waals surface area contributed by atoms with Gasteiger partial charge in [0, 0.05) is 143 Å². The third kappa shape index (κ3) is 8.96. The van der Waals surface area contributed by atoms with Gasteiger partial charge in [0.2, 0.25) is 0 Å². The van der Waals surface area contributed by atoms with E-state index in [1.807, 2.05) is 89.4 Å². The SMILES string of the molecule is c1ccc2c(c1)Cc1cc3oc4ccccc4c3cc1-2.c1ccc2c(c1)[nH]c1c2ccc2c3ccccc3oc21.c1ccc2c(c1)[nH]c1cc3c(cc12)oc1ccccc13.c1ccc2c(c1)[nH]c1ccc3sc4ccccc4c3c12.c1ccc2c(c1)oc1c2ccc2sc3ccccc3c21. The number of furan rings is 4. The van der Waals surface area contributed by atoms with Crippen LogP contribution in [-0.2, 0) is 6.42 Å². The van der Waals surface area contributed by atoms with Crippen molar-refractivity contribution in [1.29, 1.82) is 0 Å². The van der Waals surface area contributed by atoms with Crippen molar-refractivity contribution in [3.8, 4) is 11.1 Å². The molecular formula is C91H55N3O4S2. The Morgan fingerprint density at radius 2 is 0.670 bits per heavy atom. The molecule has 0 saturated carbocycles. The van der Waals surface area contributed by atoms with Crippen molar-refractivity contribution < 1.29 is 17.7 Å². The molecule has 0 radical (unpaired) electrons. The van der Waals surface area contributed by atoms with Crippen LogP contribution < -0.4 is 0 Å². The van der Waals surface area contributed by atoms with Crippen molar-refractivity contribution in [1.82, 2.24) is 15.0 Å². The first kappa shape index (κ1) is 56.5. The van der Waals surface area contributed by atoms with E-state index in [2.05, 4.69) is 252 Å². The molecule has 1 aliphatic carbocycles. The first-order chi connectivity index (χ1) is 49.5. The Balaban J connectivity index is 0.0000000818. The fourth-order valence-electron chi connectivity index (χ4n) is 15.7. The normalized spacial score (nSPS) is 12.2. The van der Waals surface area contributed by atoms with Gasteiger partial charge in [-0.05, 0) is 138 Å². The molecule has 0 fully saturated rings. The van der Waals surface area contributed by atoms with E-state index in [9.17, 15) is 0 Å². The lowest BCUT2D eigenvalue weighted by Gasteiger charge is -2.00. The van der Waals surface area contributed by atoms with E-state index in [1.165, 1.54) is 155 Å². The Kier molecular flexibility index (Phi) is 12.7. The van der Waals surface area contributed by atoms with E-state index < -0.39 is 0 Å². The standard InChI is InChI=1S/C19H12O.2C18H11NO.C18H11NS.C18H10OS/c1-2-6-14-12(5-1)9-13-10-19-17(11-16(13)14)15-7-3-4-8-18(15)20-19;1-3-7-15-11(5-1)13-10-18-14(9-16(13)19-15)12-6-2-4-8-17(12)20-18;1-3-7-15-11(5-1)13-9-10-14-12-6-2-4-8-16(12)20-18(14)17(13)19-15;1-3-7-13-11(5-1)17-14(19-13)9-10-16-18(17)12-6-2-4-8-15(12)20-16;1-3-7-14-11(5-1)12-9-10-16-17(18(12)19-14)13-6-2-4-8-15(13)20-16/h1-8,10-11H,9H2;3*1-10,19H;1-10H. The first-order valence-electron chi connectivity index (χ1n) is 33.7. The summed E-state index contributed by atoms with van der Waals surface area (Å²) in [6, 6.07) is 106. The van der Waals surface area contributed by atoms with Crippen LogP contribution in [0.15, 0.2) is 321 Å². The van der Waals surface area contributed by atoms with Crippen LogP contribution in [0.3, 0.4) is 0 Å². The topological polar surface area (TPSA) is 99.9 Å². The van der Waals surface area contributed by atoms with Gasteiger partial charge in [-0.25, -0.2) is 0 Å². The summed E-state index contributed by atoms with van der Waals surface area (Å²) in [7, 11) is 0. The van der Waals surface area contributed by atoms with Crippen LogP contribution in [0.25, 0.3) is 205 Å². The number of H-pyrrole nitrogens is 3. The molecule has 0 amide bonds. The zero-order valence-electron chi connectivity index (χ0n) is 53.5. The van der Waals surface area contributed by atoms with Crippen molar-refractivity contribution >= 4 is 216 Å². The second-order valence-corrected chi connectivity index (χ2v) is 28.0. The lowest BCUT2D eigenvalue weighted by molar-refractivity contribution is 0.668. The molecule has 15 aromatic carbocycles. The number of aromatic amines is 3. The van der Waals surface area contributed by atoms with Crippen LogP contribution in [0.2, 0.25) is 0 Å². The Hall–Kier alpha value is -12.7. The summed E-state index contributed by atoms with van der Waals surface area (Å²) < 4.78 is 29.5. The molecule has 25 rings (SSSR count). The van der Waals surface area contributed by atoms with Crippen LogP contribution in [0.4, 0.5) is 0 Å². The third-order valence-electron chi connectivity index (χ3n) is 20.2. The minimum absolute atomic E-state index is 0.939. The van der Waals surface area contributed by atoms with Gasteiger partial charge in [0.15, 0.2) is 5.58 Å². The number of para-hydroxylation sites is 7. The monoisotopic (exact) mass is 1320 g/mol. The average Bonchev–Trinajstić information content (AvgIpc) is 1.61. The minimum Gasteiger partial charge on any atom is -0.456 e.